The summed E-state index contributed by atoms with van der Waals surface area (Å²) >= 11 is 0. The Balaban J connectivity index is 2.86. The van der Waals surface area contributed by atoms with E-state index in [9.17, 15) is 4.79 Å². The van der Waals surface area contributed by atoms with E-state index in [1.165, 1.54) is 5.57 Å². The van der Waals surface area contributed by atoms with Crippen molar-refractivity contribution in [2.45, 2.75) is 33.6 Å². The van der Waals surface area contributed by atoms with Crippen molar-refractivity contribution in [2.75, 3.05) is 6.61 Å². The Kier molecular flexibility index (Phi) is 3.93. The Morgan fingerprint density at radius 1 is 1.50 bits per heavy atom. The number of ketones is 1. The van der Waals surface area contributed by atoms with Crippen LogP contribution >= 0.6 is 0 Å². The molecule has 1 aliphatic rings. The Hall–Kier alpha value is -1.05. The lowest BCUT2D eigenvalue weighted by molar-refractivity contribution is -0.114. The molecule has 2 heteroatoms. The van der Waals surface area contributed by atoms with Gasteiger partial charge in [-0.15, -0.1) is 0 Å². The van der Waals surface area contributed by atoms with E-state index in [0.717, 1.165) is 12.2 Å². The minimum Gasteiger partial charge on any atom is -0.497 e. The Morgan fingerprint density at radius 3 is 2.86 bits per heavy atom. The number of ether oxygens (including phenoxy) is 1. The molecule has 1 atom stereocenters. The van der Waals surface area contributed by atoms with E-state index in [0.29, 0.717) is 13.0 Å². The monoisotopic (exact) mass is 194 g/mol. The van der Waals surface area contributed by atoms with Gasteiger partial charge in [-0.05, 0) is 20.3 Å². The summed E-state index contributed by atoms with van der Waals surface area (Å²) in [5, 5.41) is 0. The quantitative estimate of drug-likeness (QED) is 0.632. The minimum atomic E-state index is 0.174. The molecule has 0 N–H and O–H groups in total. The van der Waals surface area contributed by atoms with Crippen LogP contribution in [0.1, 0.15) is 33.6 Å². The summed E-state index contributed by atoms with van der Waals surface area (Å²) in [5.74, 6) is 1.20. The molecule has 0 aliphatic heterocycles. The second kappa shape index (κ2) is 4.99. The highest BCUT2D eigenvalue weighted by Gasteiger charge is 2.13. The molecule has 78 valence electrons. The fourth-order valence-electron chi connectivity index (χ4n) is 1.61. The smallest absolute Gasteiger partial charge is 0.159 e. The molecule has 0 aromatic heterocycles. The van der Waals surface area contributed by atoms with Crippen molar-refractivity contribution < 1.29 is 9.53 Å². The third kappa shape index (κ3) is 3.02. The normalized spacial score (nSPS) is 23.4. The second-order valence-corrected chi connectivity index (χ2v) is 3.75. The molecule has 0 spiro atoms. The first-order chi connectivity index (χ1) is 6.63. The van der Waals surface area contributed by atoms with Gasteiger partial charge in [-0.1, -0.05) is 18.6 Å². The van der Waals surface area contributed by atoms with Crippen molar-refractivity contribution in [2.24, 2.45) is 5.92 Å². The number of carbonyl (C=O) groups excluding carboxylic acids is 1. The van der Waals surface area contributed by atoms with Gasteiger partial charge in [0.15, 0.2) is 5.78 Å². The third-order valence-electron chi connectivity index (χ3n) is 2.36. The van der Waals surface area contributed by atoms with Crippen LogP contribution in [-0.4, -0.2) is 12.4 Å². The highest BCUT2D eigenvalue weighted by molar-refractivity contribution is 5.90. The van der Waals surface area contributed by atoms with Crippen LogP contribution in [0.15, 0.2) is 23.5 Å². The van der Waals surface area contributed by atoms with E-state index >= 15 is 0 Å². The summed E-state index contributed by atoms with van der Waals surface area (Å²) in [4.78, 5) is 11.4. The maximum absolute atomic E-state index is 11.4. The van der Waals surface area contributed by atoms with Gasteiger partial charge >= 0.3 is 0 Å². The molecule has 1 unspecified atom stereocenters. The van der Waals surface area contributed by atoms with Crippen LogP contribution in [0.25, 0.3) is 0 Å². The molecule has 0 aromatic carbocycles. The molecule has 0 saturated carbocycles. The van der Waals surface area contributed by atoms with Gasteiger partial charge in [-0.3, -0.25) is 4.79 Å². The average molecular weight is 194 g/mol. The molecular formula is C12H18O2. The van der Waals surface area contributed by atoms with Gasteiger partial charge in [0.2, 0.25) is 0 Å². The van der Waals surface area contributed by atoms with Gasteiger partial charge in [0.05, 0.1) is 6.61 Å². The summed E-state index contributed by atoms with van der Waals surface area (Å²) < 4.78 is 5.45. The van der Waals surface area contributed by atoms with Crippen LogP contribution in [0.5, 0.6) is 0 Å². The van der Waals surface area contributed by atoms with Crippen LogP contribution < -0.4 is 0 Å². The predicted molar refractivity (Wildman–Crippen MR) is 56.9 cm³/mol. The molecular weight excluding hydrogens is 176 g/mol. The van der Waals surface area contributed by atoms with E-state index in [-0.39, 0.29) is 11.7 Å². The van der Waals surface area contributed by atoms with Gasteiger partial charge in [0, 0.05) is 18.4 Å². The maximum Gasteiger partial charge on any atom is 0.159 e. The van der Waals surface area contributed by atoms with E-state index in [4.69, 9.17) is 4.74 Å². The zero-order chi connectivity index (χ0) is 10.6. The highest BCUT2D eigenvalue weighted by atomic mass is 16.5. The van der Waals surface area contributed by atoms with Crippen molar-refractivity contribution >= 4 is 5.78 Å². The molecule has 0 amide bonds. The molecule has 0 saturated heterocycles. The topological polar surface area (TPSA) is 26.3 Å². The SMILES string of the molecule is CCOC1=CC(=O)CCC(C)=CC1C. The van der Waals surface area contributed by atoms with Crippen LogP contribution in [-0.2, 0) is 9.53 Å². The van der Waals surface area contributed by atoms with Crippen molar-refractivity contribution in [3.63, 3.8) is 0 Å². The van der Waals surface area contributed by atoms with Crippen LogP contribution in [0.2, 0.25) is 0 Å². The highest BCUT2D eigenvalue weighted by Crippen LogP contribution is 2.20. The summed E-state index contributed by atoms with van der Waals surface area (Å²) in [6, 6.07) is 0. The molecule has 1 rings (SSSR count). The Labute approximate surface area is 85.6 Å². The largest absolute Gasteiger partial charge is 0.497 e. The summed E-state index contributed by atoms with van der Waals surface area (Å²) in [7, 11) is 0. The van der Waals surface area contributed by atoms with Crippen molar-refractivity contribution in [3.05, 3.63) is 23.5 Å². The van der Waals surface area contributed by atoms with Crippen molar-refractivity contribution in [1.29, 1.82) is 0 Å². The Bertz CT molecular complexity index is 274. The first-order valence-electron chi connectivity index (χ1n) is 5.18. The van der Waals surface area contributed by atoms with Gasteiger partial charge in [0.1, 0.15) is 5.76 Å². The zero-order valence-corrected chi connectivity index (χ0v) is 9.17. The maximum atomic E-state index is 11.4. The van der Waals surface area contributed by atoms with Gasteiger partial charge in [-0.2, -0.15) is 0 Å². The van der Waals surface area contributed by atoms with Crippen molar-refractivity contribution in [1.82, 2.24) is 0 Å². The molecule has 0 fully saturated rings. The van der Waals surface area contributed by atoms with Crippen molar-refractivity contribution in [3.8, 4) is 0 Å². The lowest BCUT2D eigenvalue weighted by Crippen LogP contribution is -2.08. The van der Waals surface area contributed by atoms with Crippen LogP contribution in [0.3, 0.4) is 0 Å². The Morgan fingerprint density at radius 2 is 2.21 bits per heavy atom. The summed E-state index contributed by atoms with van der Waals surface area (Å²) in [5.41, 5.74) is 1.27. The average Bonchev–Trinajstić information content (AvgIpc) is 2.12. The number of hydrogen-bond donors (Lipinski definition) is 0. The lowest BCUT2D eigenvalue weighted by Gasteiger charge is -2.16. The molecule has 14 heavy (non-hydrogen) atoms. The van der Waals surface area contributed by atoms with E-state index in [1.54, 1.807) is 6.08 Å². The lowest BCUT2D eigenvalue weighted by atomic mass is 9.97. The fraction of sp³-hybridized carbons (Fsp3) is 0.583. The zero-order valence-electron chi connectivity index (χ0n) is 9.17. The summed E-state index contributed by atoms with van der Waals surface area (Å²) in [6.45, 7) is 6.69. The molecule has 0 radical (unpaired) electrons. The van der Waals surface area contributed by atoms with Crippen LogP contribution in [0, 0.1) is 5.92 Å². The van der Waals surface area contributed by atoms with Crippen LogP contribution in [0.4, 0.5) is 0 Å². The molecule has 1 aliphatic carbocycles. The van der Waals surface area contributed by atoms with E-state index in [2.05, 4.69) is 19.9 Å². The molecule has 2 nitrogen and oxygen atoms in total. The third-order valence-corrected chi connectivity index (χ3v) is 2.36. The van der Waals surface area contributed by atoms with Gasteiger partial charge in [0.25, 0.3) is 0 Å². The minimum absolute atomic E-state index is 0.174. The fourth-order valence-corrected chi connectivity index (χ4v) is 1.61. The number of allylic oxidation sites excluding steroid dienone is 3. The summed E-state index contributed by atoms with van der Waals surface area (Å²) in [6.07, 6.45) is 5.30. The molecule has 0 aromatic rings. The van der Waals surface area contributed by atoms with E-state index < -0.39 is 0 Å². The van der Waals surface area contributed by atoms with Gasteiger partial charge < -0.3 is 4.74 Å². The van der Waals surface area contributed by atoms with Gasteiger partial charge in [-0.25, -0.2) is 0 Å². The predicted octanol–water partition coefficient (Wildman–Crippen LogP) is 2.85. The standard InChI is InChI=1S/C12H18O2/c1-4-14-12-8-11(13)6-5-9(2)7-10(12)3/h7-8,10H,4-6H2,1-3H3. The molecule has 0 heterocycles. The second-order valence-electron chi connectivity index (χ2n) is 3.75. The first-order valence-corrected chi connectivity index (χ1v) is 5.18. The first kappa shape index (κ1) is 11.0. The number of hydrogen-bond acceptors (Lipinski definition) is 2. The number of carbonyl (C=O) groups is 1. The van der Waals surface area contributed by atoms with E-state index in [1.807, 2.05) is 6.92 Å². The molecule has 0 bridgehead atoms. The number of rotatable bonds is 2.